The molecule has 1 aromatic heterocycles. The summed E-state index contributed by atoms with van der Waals surface area (Å²) in [5, 5.41) is 15.4. The van der Waals surface area contributed by atoms with Gasteiger partial charge in [0.25, 0.3) is 0 Å². The molecule has 8 nitrogen and oxygen atoms in total. The van der Waals surface area contributed by atoms with Crippen LogP contribution >= 0.6 is 0 Å². The van der Waals surface area contributed by atoms with Crippen LogP contribution in [0.15, 0.2) is 34.9 Å². The number of amides is 3. The first-order valence-electron chi connectivity index (χ1n) is 9.61. The van der Waals surface area contributed by atoms with Crippen molar-refractivity contribution >= 4 is 29.1 Å². The van der Waals surface area contributed by atoms with E-state index in [9.17, 15) is 19.5 Å². The van der Waals surface area contributed by atoms with Gasteiger partial charge in [0, 0.05) is 12.2 Å². The predicted molar refractivity (Wildman–Crippen MR) is 105 cm³/mol. The van der Waals surface area contributed by atoms with Crippen molar-refractivity contribution in [3.8, 4) is 0 Å². The number of carbonyl (C=O) groups excluding carboxylic acids is 3. The Bertz CT molecular complexity index is 980. The molecule has 2 atom stereocenters. The smallest absolute Gasteiger partial charge is 0.313 e. The van der Waals surface area contributed by atoms with Crippen LogP contribution in [0.25, 0.3) is 0 Å². The van der Waals surface area contributed by atoms with Gasteiger partial charge < -0.3 is 25.1 Å². The highest BCUT2D eigenvalue weighted by molar-refractivity contribution is 6.39. The highest BCUT2D eigenvalue weighted by Gasteiger charge is 2.38. The average molecular weight is 397 g/mol. The largest absolute Gasteiger partial charge is 0.466 e. The molecule has 0 saturated heterocycles. The first kappa shape index (κ1) is 19.2. The maximum atomic E-state index is 12.4. The Labute approximate surface area is 167 Å². The number of hydrogen-bond acceptors (Lipinski definition) is 5. The van der Waals surface area contributed by atoms with Crippen LogP contribution in [0.5, 0.6) is 0 Å². The number of nitrogens with one attached hydrogen (secondary N) is 2. The Morgan fingerprint density at radius 1 is 1.34 bits per heavy atom. The zero-order valence-corrected chi connectivity index (χ0v) is 16.3. The topological polar surface area (TPSA) is 112 Å². The molecule has 8 heteroatoms. The number of aryl methyl sites for hydroxylation is 1. The Hall–Kier alpha value is -3.13. The van der Waals surface area contributed by atoms with Crippen molar-refractivity contribution < 1.29 is 23.9 Å². The Morgan fingerprint density at radius 3 is 2.86 bits per heavy atom. The molecule has 2 aliphatic heterocycles. The second kappa shape index (κ2) is 7.04. The van der Waals surface area contributed by atoms with Crippen LogP contribution in [0.2, 0.25) is 0 Å². The van der Waals surface area contributed by atoms with Gasteiger partial charge in [0.15, 0.2) is 0 Å². The van der Waals surface area contributed by atoms with Gasteiger partial charge in [-0.1, -0.05) is 0 Å². The van der Waals surface area contributed by atoms with Gasteiger partial charge in [0.05, 0.1) is 24.4 Å². The third-order valence-corrected chi connectivity index (χ3v) is 5.53. The lowest BCUT2D eigenvalue weighted by atomic mass is 9.96. The maximum absolute atomic E-state index is 12.4. The van der Waals surface area contributed by atoms with Crippen molar-refractivity contribution in [2.45, 2.75) is 38.2 Å². The molecule has 1 aromatic carbocycles. The van der Waals surface area contributed by atoms with E-state index < -0.39 is 17.4 Å². The highest BCUT2D eigenvalue weighted by atomic mass is 16.4. The number of rotatable bonds is 4. The van der Waals surface area contributed by atoms with E-state index in [1.54, 1.807) is 18.2 Å². The number of anilines is 2. The number of aliphatic hydroxyl groups is 1. The van der Waals surface area contributed by atoms with E-state index in [0.717, 1.165) is 29.7 Å². The summed E-state index contributed by atoms with van der Waals surface area (Å²) >= 11 is 0. The molecule has 0 radical (unpaired) electrons. The highest BCUT2D eigenvalue weighted by Crippen LogP contribution is 2.44. The Balaban J connectivity index is 1.45. The van der Waals surface area contributed by atoms with Crippen LogP contribution in [0.1, 0.15) is 43.1 Å². The fraction of sp³-hybridized carbons (Fsp3) is 0.381. The SMILES string of the molecule is C[C@@H]1C(=O)N2CCCc3cc(NC(=O)C(=O)NC[C@](C)(O)c4ccco4)cc1c32. The molecule has 0 unspecified atom stereocenters. The molecule has 4 rings (SSSR count). The molecular weight excluding hydrogens is 374 g/mol. The molecule has 29 heavy (non-hydrogen) atoms. The van der Waals surface area contributed by atoms with E-state index in [1.165, 1.54) is 13.2 Å². The van der Waals surface area contributed by atoms with Crippen molar-refractivity contribution in [3.05, 3.63) is 47.4 Å². The molecule has 2 aliphatic rings. The van der Waals surface area contributed by atoms with Crippen LogP contribution in [0.4, 0.5) is 11.4 Å². The van der Waals surface area contributed by atoms with Gasteiger partial charge in [-0.25, -0.2) is 0 Å². The van der Waals surface area contributed by atoms with E-state index in [2.05, 4.69) is 10.6 Å². The molecule has 0 spiro atoms. The normalized spacial score (nSPS) is 19.5. The maximum Gasteiger partial charge on any atom is 0.313 e. The summed E-state index contributed by atoms with van der Waals surface area (Å²) in [7, 11) is 0. The molecule has 152 valence electrons. The molecule has 0 aliphatic carbocycles. The van der Waals surface area contributed by atoms with E-state index >= 15 is 0 Å². The molecular formula is C21H23N3O5. The number of hydrogen-bond donors (Lipinski definition) is 3. The molecule has 0 saturated carbocycles. The molecule has 2 aromatic rings. The second-order valence-electron chi connectivity index (χ2n) is 7.78. The Kier molecular flexibility index (Phi) is 4.66. The quantitative estimate of drug-likeness (QED) is 0.679. The van der Waals surface area contributed by atoms with Gasteiger partial charge in [0.2, 0.25) is 5.91 Å². The van der Waals surface area contributed by atoms with Gasteiger partial charge in [-0.05, 0) is 62.1 Å². The minimum absolute atomic E-state index is 0.0716. The van der Waals surface area contributed by atoms with Crippen LogP contribution < -0.4 is 15.5 Å². The van der Waals surface area contributed by atoms with E-state index in [4.69, 9.17) is 4.42 Å². The summed E-state index contributed by atoms with van der Waals surface area (Å²) < 4.78 is 5.15. The van der Waals surface area contributed by atoms with Gasteiger partial charge in [-0.15, -0.1) is 0 Å². The lowest BCUT2D eigenvalue weighted by molar-refractivity contribution is -0.136. The van der Waals surface area contributed by atoms with Gasteiger partial charge >= 0.3 is 11.8 Å². The first-order valence-corrected chi connectivity index (χ1v) is 9.61. The Morgan fingerprint density at radius 2 is 2.14 bits per heavy atom. The zero-order chi connectivity index (χ0) is 20.8. The first-order chi connectivity index (χ1) is 13.8. The minimum Gasteiger partial charge on any atom is -0.466 e. The fourth-order valence-electron chi connectivity index (χ4n) is 3.96. The van der Waals surface area contributed by atoms with E-state index in [-0.39, 0.29) is 18.4 Å². The molecule has 3 N–H and O–H groups in total. The second-order valence-corrected chi connectivity index (χ2v) is 7.78. The summed E-state index contributed by atoms with van der Waals surface area (Å²) in [6.07, 6.45) is 3.11. The van der Waals surface area contributed by atoms with Gasteiger partial charge in [-0.3, -0.25) is 14.4 Å². The number of carbonyl (C=O) groups is 3. The van der Waals surface area contributed by atoms with Crippen molar-refractivity contribution in [3.63, 3.8) is 0 Å². The fourth-order valence-corrected chi connectivity index (χ4v) is 3.96. The summed E-state index contributed by atoms with van der Waals surface area (Å²) in [4.78, 5) is 38.8. The monoisotopic (exact) mass is 397 g/mol. The number of nitrogens with zero attached hydrogens (tertiary/aromatic N) is 1. The van der Waals surface area contributed by atoms with Crippen LogP contribution in [-0.4, -0.2) is 35.9 Å². The van der Waals surface area contributed by atoms with Gasteiger partial charge in [0.1, 0.15) is 11.4 Å². The molecule has 3 heterocycles. The van der Waals surface area contributed by atoms with Gasteiger partial charge in [-0.2, -0.15) is 0 Å². The van der Waals surface area contributed by atoms with Crippen molar-refractivity contribution in [1.29, 1.82) is 0 Å². The van der Waals surface area contributed by atoms with E-state index in [0.29, 0.717) is 18.0 Å². The molecule has 0 fully saturated rings. The zero-order valence-electron chi connectivity index (χ0n) is 16.3. The molecule has 3 amide bonds. The standard InChI is InChI=1S/C21H23N3O5/c1-12-15-10-14(9-13-5-3-7-24(17(13)15)20(12)27)23-19(26)18(25)22-11-21(2,28)16-6-4-8-29-16/h4,6,8-10,12,28H,3,5,7,11H2,1-2H3,(H,22,25)(H,23,26)/t12-,21-/m0/s1. The number of benzene rings is 1. The third kappa shape index (κ3) is 3.40. The van der Waals surface area contributed by atoms with Crippen molar-refractivity contribution in [2.24, 2.45) is 0 Å². The molecule has 0 bridgehead atoms. The van der Waals surface area contributed by atoms with Crippen LogP contribution in [0, 0.1) is 0 Å². The third-order valence-electron chi connectivity index (χ3n) is 5.53. The van der Waals surface area contributed by atoms with Crippen molar-refractivity contribution in [2.75, 3.05) is 23.3 Å². The average Bonchev–Trinajstić information content (AvgIpc) is 3.32. The summed E-state index contributed by atoms with van der Waals surface area (Å²) in [5.74, 6) is -1.61. The van der Waals surface area contributed by atoms with Crippen molar-refractivity contribution in [1.82, 2.24) is 5.32 Å². The minimum atomic E-state index is -1.43. The lowest BCUT2D eigenvalue weighted by Gasteiger charge is -2.26. The predicted octanol–water partition coefficient (Wildman–Crippen LogP) is 1.64. The summed E-state index contributed by atoms with van der Waals surface area (Å²) in [5.41, 5.74) is 1.88. The van der Waals surface area contributed by atoms with Crippen LogP contribution in [0.3, 0.4) is 0 Å². The lowest BCUT2D eigenvalue weighted by Crippen LogP contribution is -2.43. The summed E-state index contributed by atoms with van der Waals surface area (Å²) in [6.45, 7) is 3.88. The summed E-state index contributed by atoms with van der Waals surface area (Å²) in [6, 6.07) is 6.80. The number of furan rings is 1. The van der Waals surface area contributed by atoms with E-state index in [1.807, 2.05) is 17.9 Å². The van der Waals surface area contributed by atoms with Crippen LogP contribution in [-0.2, 0) is 26.4 Å².